The molecule has 8 heteroatoms. The Hall–Kier alpha value is -1.42. The number of rotatable bonds is 5. The summed E-state index contributed by atoms with van der Waals surface area (Å²) in [6, 6.07) is 10.2. The van der Waals surface area contributed by atoms with E-state index in [9.17, 15) is 13.0 Å². The zero-order valence-corrected chi connectivity index (χ0v) is 17.4. The maximum Gasteiger partial charge on any atom is 0.294 e. The van der Waals surface area contributed by atoms with E-state index in [2.05, 4.69) is 9.37 Å². The second kappa shape index (κ2) is 12.1. The molecular weight excluding hydrogens is 376 g/mol. The Bertz CT molecular complexity index is 788. The van der Waals surface area contributed by atoms with Crippen LogP contribution in [0.4, 0.5) is 0 Å². The Morgan fingerprint density at radius 1 is 0.885 bits per heavy atom. The first-order chi connectivity index (χ1) is 12.3. The monoisotopic (exact) mass is 402 g/mol. The summed E-state index contributed by atoms with van der Waals surface area (Å²) in [4.78, 5) is 0.565. The molecule has 146 valence electrons. The molecular formula is C18H26O6S2. The highest BCUT2D eigenvalue weighted by Crippen LogP contribution is 2.31. The normalized spacial score (nSPS) is 10.3. The average molecular weight is 403 g/mol. The summed E-state index contributed by atoms with van der Waals surface area (Å²) in [5, 5.41) is 11.8. The zero-order chi connectivity index (χ0) is 20.3. The molecule has 2 N–H and O–H groups in total. The van der Waals surface area contributed by atoms with Gasteiger partial charge in [-0.15, -0.1) is 4.33 Å². The minimum Gasteiger partial charge on any atom is -0.282 e. The molecule has 0 spiro atoms. The molecule has 0 saturated heterocycles. The van der Waals surface area contributed by atoms with Crippen molar-refractivity contribution in [3.8, 4) is 11.1 Å². The van der Waals surface area contributed by atoms with Gasteiger partial charge in [0, 0.05) is 4.90 Å². The third-order valence-electron chi connectivity index (χ3n) is 3.14. The Morgan fingerprint density at radius 3 is 1.88 bits per heavy atom. The highest BCUT2D eigenvalue weighted by Gasteiger charge is 2.14. The standard InChI is InChI=1S/C14H14O6S2.2C2H6/c1-9-3-5-11(7-13(9)21-20-19-15)12-6-4-10(2)14(8-12)22(16,17)18;2*1-2/h3-8,15H,1-2H3,(H,16,17,18);2*1-2H3. The van der Waals surface area contributed by atoms with E-state index in [0.29, 0.717) is 16.0 Å². The first kappa shape index (κ1) is 24.6. The van der Waals surface area contributed by atoms with Crippen LogP contribution in [-0.2, 0) is 19.5 Å². The lowest BCUT2D eigenvalue weighted by Crippen LogP contribution is -2.01. The highest BCUT2D eigenvalue weighted by molar-refractivity contribution is 7.94. The molecule has 6 nitrogen and oxygen atoms in total. The van der Waals surface area contributed by atoms with Gasteiger partial charge in [0.1, 0.15) is 0 Å². The van der Waals surface area contributed by atoms with Gasteiger partial charge in [-0.3, -0.25) is 4.55 Å². The van der Waals surface area contributed by atoms with Gasteiger partial charge in [0.25, 0.3) is 10.1 Å². The van der Waals surface area contributed by atoms with Gasteiger partial charge in [0.15, 0.2) is 0 Å². The van der Waals surface area contributed by atoms with Gasteiger partial charge >= 0.3 is 0 Å². The van der Waals surface area contributed by atoms with Gasteiger partial charge in [-0.05, 0) is 48.2 Å². The highest BCUT2D eigenvalue weighted by atomic mass is 32.2. The van der Waals surface area contributed by atoms with Crippen LogP contribution in [0.1, 0.15) is 38.8 Å². The van der Waals surface area contributed by atoms with Crippen molar-refractivity contribution < 1.29 is 27.6 Å². The average Bonchev–Trinajstić information content (AvgIpc) is 2.64. The number of aryl methyl sites for hydroxylation is 2. The van der Waals surface area contributed by atoms with Gasteiger partial charge in [0.2, 0.25) is 0 Å². The largest absolute Gasteiger partial charge is 0.294 e. The lowest BCUT2D eigenvalue weighted by atomic mass is 10.0. The van der Waals surface area contributed by atoms with E-state index >= 15 is 0 Å². The van der Waals surface area contributed by atoms with Crippen molar-refractivity contribution in [1.29, 1.82) is 0 Å². The van der Waals surface area contributed by atoms with E-state index < -0.39 is 10.1 Å². The summed E-state index contributed by atoms with van der Waals surface area (Å²) in [7, 11) is -4.28. The maximum absolute atomic E-state index is 11.4. The molecule has 0 heterocycles. The lowest BCUT2D eigenvalue weighted by molar-refractivity contribution is -0.432. The van der Waals surface area contributed by atoms with Crippen LogP contribution in [0.5, 0.6) is 0 Å². The Labute approximate surface area is 160 Å². The van der Waals surface area contributed by atoms with Crippen molar-refractivity contribution in [2.45, 2.75) is 51.3 Å². The van der Waals surface area contributed by atoms with E-state index in [1.165, 1.54) is 6.07 Å². The van der Waals surface area contributed by atoms with Gasteiger partial charge in [-0.25, -0.2) is 5.26 Å². The van der Waals surface area contributed by atoms with Crippen molar-refractivity contribution in [2.75, 3.05) is 0 Å². The summed E-state index contributed by atoms with van der Waals surface area (Å²) in [5.74, 6) is 0. The van der Waals surface area contributed by atoms with E-state index in [-0.39, 0.29) is 4.90 Å². The first-order valence-corrected chi connectivity index (χ1v) is 10.3. The second-order valence-electron chi connectivity index (χ2n) is 4.66. The predicted molar refractivity (Wildman–Crippen MR) is 105 cm³/mol. The van der Waals surface area contributed by atoms with E-state index in [4.69, 9.17) is 5.26 Å². The van der Waals surface area contributed by atoms with Crippen LogP contribution in [0.2, 0.25) is 0 Å². The molecule has 0 aliphatic rings. The van der Waals surface area contributed by atoms with Crippen molar-refractivity contribution in [3.63, 3.8) is 0 Å². The van der Waals surface area contributed by atoms with Gasteiger partial charge in [0.05, 0.1) is 16.9 Å². The van der Waals surface area contributed by atoms with Gasteiger partial charge in [-0.2, -0.15) is 8.42 Å². The number of hydrogen-bond acceptors (Lipinski definition) is 6. The lowest BCUT2D eigenvalue weighted by Gasteiger charge is -2.09. The molecule has 0 radical (unpaired) electrons. The maximum atomic E-state index is 11.4. The van der Waals surface area contributed by atoms with Crippen LogP contribution in [-0.4, -0.2) is 18.2 Å². The van der Waals surface area contributed by atoms with Gasteiger partial charge < -0.3 is 0 Å². The summed E-state index contributed by atoms with van der Waals surface area (Å²) in [6.07, 6.45) is 0. The fourth-order valence-electron chi connectivity index (χ4n) is 1.98. The molecule has 2 rings (SSSR count). The summed E-state index contributed by atoms with van der Waals surface area (Å²) in [5.41, 5.74) is 2.72. The van der Waals surface area contributed by atoms with E-state index in [1.54, 1.807) is 25.1 Å². The SMILES string of the molecule is CC.CC.Cc1ccc(-c2ccc(C)c(S(=O)(=O)O)c2)cc1SOOO. The fraction of sp³-hybridized carbons (Fsp3) is 0.333. The third-order valence-corrected chi connectivity index (χ3v) is 4.89. The molecule has 0 aliphatic carbocycles. The molecule has 0 amide bonds. The first-order valence-electron chi connectivity index (χ1n) is 8.17. The van der Waals surface area contributed by atoms with Crippen molar-refractivity contribution in [3.05, 3.63) is 47.5 Å². The van der Waals surface area contributed by atoms with Crippen molar-refractivity contribution in [1.82, 2.24) is 0 Å². The van der Waals surface area contributed by atoms with Crippen LogP contribution < -0.4 is 0 Å². The predicted octanol–water partition coefficient (Wildman–Crippen LogP) is 5.70. The van der Waals surface area contributed by atoms with Crippen LogP contribution in [0.3, 0.4) is 0 Å². The Kier molecular flexibility index (Phi) is 11.4. The third kappa shape index (κ3) is 7.06. The Balaban J connectivity index is 0.00000146. The van der Waals surface area contributed by atoms with Crippen LogP contribution in [0.25, 0.3) is 11.1 Å². The fourth-order valence-corrected chi connectivity index (χ4v) is 3.21. The molecule has 2 aromatic rings. The van der Waals surface area contributed by atoms with Crippen molar-refractivity contribution in [2.24, 2.45) is 0 Å². The number of benzene rings is 2. The molecule has 26 heavy (non-hydrogen) atoms. The minimum absolute atomic E-state index is 0.130. The van der Waals surface area contributed by atoms with Crippen LogP contribution >= 0.6 is 12.0 Å². The smallest absolute Gasteiger partial charge is 0.282 e. The topological polar surface area (TPSA) is 93.1 Å². The quantitative estimate of drug-likeness (QED) is 0.287. The molecule has 2 aromatic carbocycles. The molecule has 0 aromatic heterocycles. The summed E-state index contributed by atoms with van der Waals surface area (Å²) in [6.45, 7) is 11.5. The van der Waals surface area contributed by atoms with Crippen LogP contribution in [0, 0.1) is 13.8 Å². The number of hydrogen-bond donors (Lipinski definition) is 2. The zero-order valence-electron chi connectivity index (χ0n) is 15.8. The molecule has 0 atom stereocenters. The van der Waals surface area contributed by atoms with Crippen molar-refractivity contribution >= 4 is 22.2 Å². The van der Waals surface area contributed by atoms with E-state index in [1.807, 2.05) is 46.8 Å². The molecule has 0 bridgehead atoms. The Morgan fingerprint density at radius 2 is 1.38 bits per heavy atom. The molecule has 0 saturated carbocycles. The second-order valence-corrected chi connectivity index (χ2v) is 6.79. The molecule has 0 fully saturated rings. The molecule has 0 unspecified atom stereocenters. The molecule has 0 aliphatic heterocycles. The summed E-state index contributed by atoms with van der Waals surface area (Å²) >= 11 is 0.829. The van der Waals surface area contributed by atoms with Crippen LogP contribution in [0.15, 0.2) is 46.2 Å². The van der Waals surface area contributed by atoms with E-state index in [0.717, 1.165) is 23.2 Å². The van der Waals surface area contributed by atoms with Gasteiger partial charge in [-0.1, -0.05) is 57.0 Å². The summed E-state index contributed by atoms with van der Waals surface area (Å²) < 4.78 is 36.5. The minimum atomic E-state index is -4.28.